The Morgan fingerprint density at radius 3 is 2.54 bits per heavy atom. The number of nitrogens with two attached hydrogens (primary N) is 1. The molecule has 3 N–H and O–H groups in total. The fourth-order valence-corrected chi connectivity index (χ4v) is 2.36. The molecule has 1 amide bonds. The second kappa shape index (κ2) is 6.94. The SMILES string of the molecule is NC1(C(=O)Nc2ccc(Oc3ccc(F)cc3)nc2)CCOCC1. The topological polar surface area (TPSA) is 86.5 Å². The minimum atomic E-state index is -0.915. The minimum Gasteiger partial charge on any atom is -0.439 e. The average Bonchev–Trinajstić information content (AvgIpc) is 2.59. The average molecular weight is 331 g/mol. The van der Waals surface area contributed by atoms with Gasteiger partial charge in [-0.05, 0) is 43.2 Å². The van der Waals surface area contributed by atoms with Crippen LogP contribution in [-0.2, 0) is 9.53 Å². The standard InChI is InChI=1S/C17H18FN3O3/c18-12-1-4-14(5-2-12)24-15-6-3-13(11-20-15)21-16(22)17(19)7-9-23-10-8-17/h1-6,11H,7-10,19H2,(H,21,22). The van der Waals surface area contributed by atoms with Crippen LogP contribution >= 0.6 is 0 Å². The minimum absolute atomic E-state index is 0.250. The molecule has 6 nitrogen and oxygen atoms in total. The molecule has 0 radical (unpaired) electrons. The van der Waals surface area contributed by atoms with Crippen molar-refractivity contribution in [2.45, 2.75) is 18.4 Å². The summed E-state index contributed by atoms with van der Waals surface area (Å²) in [5.41, 5.74) is 5.74. The van der Waals surface area contributed by atoms with Crippen molar-refractivity contribution >= 4 is 11.6 Å². The van der Waals surface area contributed by atoms with Crippen molar-refractivity contribution in [3.05, 3.63) is 48.4 Å². The van der Waals surface area contributed by atoms with Crippen LogP contribution in [0.4, 0.5) is 10.1 Å². The Kier molecular flexibility index (Phi) is 4.73. The first kappa shape index (κ1) is 16.4. The smallest absolute Gasteiger partial charge is 0.244 e. The molecule has 0 atom stereocenters. The highest BCUT2D eigenvalue weighted by Crippen LogP contribution is 2.23. The van der Waals surface area contributed by atoms with E-state index in [0.717, 1.165) is 0 Å². The third-order valence-electron chi connectivity index (χ3n) is 3.87. The normalized spacial score (nSPS) is 16.4. The maximum atomic E-state index is 12.9. The fourth-order valence-electron chi connectivity index (χ4n) is 2.36. The number of nitrogens with zero attached hydrogens (tertiary/aromatic N) is 1. The van der Waals surface area contributed by atoms with Crippen molar-refractivity contribution in [1.82, 2.24) is 4.98 Å². The summed E-state index contributed by atoms with van der Waals surface area (Å²) >= 11 is 0. The lowest BCUT2D eigenvalue weighted by Gasteiger charge is -2.31. The number of carbonyl (C=O) groups is 1. The highest BCUT2D eigenvalue weighted by Gasteiger charge is 2.35. The van der Waals surface area contributed by atoms with Gasteiger partial charge in [0.25, 0.3) is 0 Å². The summed E-state index contributed by atoms with van der Waals surface area (Å²) in [6.45, 7) is 0.958. The van der Waals surface area contributed by atoms with Crippen molar-refractivity contribution in [2.24, 2.45) is 5.73 Å². The Labute approximate surface area is 138 Å². The van der Waals surface area contributed by atoms with E-state index in [4.69, 9.17) is 15.2 Å². The number of rotatable bonds is 4. The van der Waals surface area contributed by atoms with Crippen LogP contribution in [0, 0.1) is 5.82 Å². The van der Waals surface area contributed by atoms with Crippen LogP contribution in [-0.4, -0.2) is 29.6 Å². The maximum absolute atomic E-state index is 12.9. The highest BCUT2D eigenvalue weighted by atomic mass is 19.1. The molecule has 0 aliphatic carbocycles. The van der Waals surface area contributed by atoms with Crippen molar-refractivity contribution in [3.8, 4) is 11.6 Å². The maximum Gasteiger partial charge on any atom is 0.244 e. The number of nitrogens with one attached hydrogen (secondary N) is 1. The van der Waals surface area contributed by atoms with Crippen molar-refractivity contribution in [2.75, 3.05) is 18.5 Å². The Hall–Kier alpha value is -2.51. The van der Waals surface area contributed by atoms with Crippen LogP contribution in [0.25, 0.3) is 0 Å². The summed E-state index contributed by atoms with van der Waals surface area (Å²) in [7, 11) is 0. The van der Waals surface area contributed by atoms with Gasteiger partial charge in [0, 0.05) is 19.3 Å². The molecule has 1 aromatic heterocycles. The summed E-state index contributed by atoms with van der Waals surface area (Å²) in [6, 6.07) is 8.92. The number of carbonyl (C=O) groups excluding carboxylic acids is 1. The molecule has 7 heteroatoms. The zero-order valence-corrected chi connectivity index (χ0v) is 13.0. The quantitative estimate of drug-likeness (QED) is 0.899. The number of hydrogen-bond acceptors (Lipinski definition) is 5. The molecule has 2 aromatic rings. The van der Waals surface area contributed by atoms with E-state index in [9.17, 15) is 9.18 Å². The van der Waals surface area contributed by atoms with Crippen LogP contribution < -0.4 is 15.8 Å². The van der Waals surface area contributed by atoms with Gasteiger partial charge in [0.05, 0.1) is 11.9 Å². The molecule has 0 saturated carbocycles. The van der Waals surface area contributed by atoms with Crippen molar-refractivity contribution < 1.29 is 18.7 Å². The van der Waals surface area contributed by atoms with E-state index in [1.54, 1.807) is 12.1 Å². The van der Waals surface area contributed by atoms with Gasteiger partial charge in [0.1, 0.15) is 17.1 Å². The van der Waals surface area contributed by atoms with Crippen molar-refractivity contribution in [3.63, 3.8) is 0 Å². The highest BCUT2D eigenvalue weighted by molar-refractivity contribution is 5.97. The molecule has 0 spiro atoms. The zero-order valence-electron chi connectivity index (χ0n) is 13.0. The molecule has 1 aromatic carbocycles. The van der Waals surface area contributed by atoms with Gasteiger partial charge in [-0.3, -0.25) is 4.79 Å². The van der Waals surface area contributed by atoms with Gasteiger partial charge < -0.3 is 20.5 Å². The summed E-state index contributed by atoms with van der Waals surface area (Å²) in [6.07, 6.45) is 2.45. The number of aromatic nitrogens is 1. The third-order valence-corrected chi connectivity index (χ3v) is 3.87. The molecule has 0 bridgehead atoms. The predicted octanol–water partition coefficient (Wildman–Crippen LogP) is 2.46. The number of amides is 1. The lowest BCUT2D eigenvalue weighted by molar-refractivity contribution is -0.124. The van der Waals surface area contributed by atoms with Crippen LogP contribution in [0.5, 0.6) is 11.6 Å². The van der Waals surface area contributed by atoms with Gasteiger partial charge >= 0.3 is 0 Å². The third kappa shape index (κ3) is 3.87. The summed E-state index contributed by atoms with van der Waals surface area (Å²) in [5.74, 6) is 0.230. The van der Waals surface area contributed by atoms with Gasteiger partial charge in [-0.25, -0.2) is 9.37 Å². The summed E-state index contributed by atoms with van der Waals surface area (Å²) in [4.78, 5) is 16.4. The number of anilines is 1. The first-order valence-corrected chi connectivity index (χ1v) is 7.63. The second-order valence-electron chi connectivity index (χ2n) is 5.66. The number of pyridine rings is 1. The van der Waals surface area contributed by atoms with E-state index >= 15 is 0 Å². The first-order valence-electron chi connectivity index (χ1n) is 7.63. The van der Waals surface area contributed by atoms with Gasteiger partial charge in [-0.15, -0.1) is 0 Å². The van der Waals surface area contributed by atoms with Gasteiger partial charge in [0.15, 0.2) is 0 Å². The Morgan fingerprint density at radius 2 is 1.92 bits per heavy atom. The molecule has 0 unspecified atom stereocenters. The monoisotopic (exact) mass is 331 g/mol. The molecule has 126 valence electrons. The van der Waals surface area contributed by atoms with Gasteiger partial charge in [-0.2, -0.15) is 0 Å². The van der Waals surface area contributed by atoms with Crippen LogP contribution in [0.3, 0.4) is 0 Å². The number of hydrogen-bond donors (Lipinski definition) is 2. The molecule has 2 heterocycles. The molecule has 1 fully saturated rings. The molecule has 1 aliphatic rings. The second-order valence-corrected chi connectivity index (χ2v) is 5.66. The van der Waals surface area contributed by atoms with E-state index in [1.165, 1.54) is 30.5 Å². The zero-order chi connectivity index (χ0) is 17.0. The van der Waals surface area contributed by atoms with E-state index < -0.39 is 5.54 Å². The molecule has 1 saturated heterocycles. The number of benzene rings is 1. The summed E-state index contributed by atoms with van der Waals surface area (Å²) in [5, 5.41) is 2.76. The van der Waals surface area contributed by atoms with Crippen molar-refractivity contribution in [1.29, 1.82) is 0 Å². The van der Waals surface area contributed by atoms with Crippen LogP contribution in [0.15, 0.2) is 42.6 Å². The number of halogens is 1. The molecule has 1 aliphatic heterocycles. The molecular weight excluding hydrogens is 313 g/mol. The lowest BCUT2D eigenvalue weighted by Crippen LogP contribution is -2.54. The molecule has 3 rings (SSSR count). The van der Waals surface area contributed by atoms with Crippen LogP contribution in [0.2, 0.25) is 0 Å². The Morgan fingerprint density at radius 1 is 1.21 bits per heavy atom. The van der Waals surface area contributed by atoms with Gasteiger partial charge in [0.2, 0.25) is 11.8 Å². The van der Waals surface area contributed by atoms with E-state index in [-0.39, 0.29) is 11.7 Å². The number of ether oxygens (including phenoxy) is 2. The predicted molar refractivity (Wildman–Crippen MR) is 86.3 cm³/mol. The van der Waals surface area contributed by atoms with E-state index in [0.29, 0.717) is 43.4 Å². The van der Waals surface area contributed by atoms with E-state index in [1.807, 2.05) is 0 Å². The Bertz CT molecular complexity index is 698. The molecule has 24 heavy (non-hydrogen) atoms. The summed E-state index contributed by atoms with van der Waals surface area (Å²) < 4.78 is 23.6. The largest absolute Gasteiger partial charge is 0.439 e. The van der Waals surface area contributed by atoms with Crippen LogP contribution in [0.1, 0.15) is 12.8 Å². The first-order chi connectivity index (χ1) is 11.5. The lowest BCUT2D eigenvalue weighted by atomic mass is 9.90. The molecular formula is C17H18FN3O3. The Balaban J connectivity index is 1.62. The van der Waals surface area contributed by atoms with E-state index in [2.05, 4.69) is 10.3 Å². The fraction of sp³-hybridized carbons (Fsp3) is 0.294. The van der Waals surface area contributed by atoms with Gasteiger partial charge in [-0.1, -0.05) is 0 Å².